The van der Waals surface area contributed by atoms with Crippen LogP contribution in [0.4, 0.5) is 11.4 Å². The number of carbonyl (C=O) groups is 1. The summed E-state index contributed by atoms with van der Waals surface area (Å²) in [6.45, 7) is 5.50. The van der Waals surface area contributed by atoms with E-state index in [1.54, 1.807) is 19.1 Å². The molecular formula is C12H17N3O3. The molecule has 0 fully saturated rings. The molecule has 0 bridgehead atoms. The van der Waals surface area contributed by atoms with Gasteiger partial charge in [-0.05, 0) is 32.4 Å². The Morgan fingerprint density at radius 1 is 1.44 bits per heavy atom. The fraction of sp³-hybridized carbons (Fsp3) is 0.417. The standard InChI is InChI=1S/C12H17N3O3/c1-8(2)14-12(16)7-13-10-5-4-9(3)6-11(10)15(17)18/h4-6,8,13H,7H2,1-3H3,(H,14,16). The lowest BCUT2D eigenvalue weighted by Gasteiger charge is -2.10. The van der Waals surface area contributed by atoms with Gasteiger partial charge in [-0.3, -0.25) is 14.9 Å². The predicted molar refractivity (Wildman–Crippen MR) is 69.6 cm³/mol. The molecule has 1 aromatic carbocycles. The van der Waals surface area contributed by atoms with Gasteiger partial charge in [0, 0.05) is 12.1 Å². The van der Waals surface area contributed by atoms with Crippen LogP contribution in [0.5, 0.6) is 0 Å². The number of aryl methyl sites for hydroxylation is 1. The lowest BCUT2D eigenvalue weighted by molar-refractivity contribution is -0.384. The van der Waals surface area contributed by atoms with Gasteiger partial charge in [0.1, 0.15) is 5.69 Å². The van der Waals surface area contributed by atoms with Crippen LogP contribution >= 0.6 is 0 Å². The zero-order valence-corrected chi connectivity index (χ0v) is 10.7. The van der Waals surface area contributed by atoms with Crippen LogP contribution in [0.3, 0.4) is 0 Å². The molecule has 0 saturated carbocycles. The molecule has 1 amide bonds. The number of carbonyl (C=O) groups excluding carboxylic acids is 1. The van der Waals surface area contributed by atoms with E-state index in [1.807, 2.05) is 13.8 Å². The minimum atomic E-state index is -0.463. The van der Waals surface area contributed by atoms with Crippen molar-refractivity contribution in [2.45, 2.75) is 26.8 Å². The Morgan fingerprint density at radius 3 is 2.67 bits per heavy atom. The summed E-state index contributed by atoms with van der Waals surface area (Å²) < 4.78 is 0. The molecule has 0 aliphatic heterocycles. The number of nitrogens with zero attached hydrogens (tertiary/aromatic N) is 1. The molecule has 0 unspecified atom stereocenters. The third-order valence-electron chi connectivity index (χ3n) is 2.24. The number of benzene rings is 1. The Balaban J connectivity index is 2.73. The van der Waals surface area contributed by atoms with Crippen molar-refractivity contribution in [3.05, 3.63) is 33.9 Å². The van der Waals surface area contributed by atoms with E-state index in [4.69, 9.17) is 0 Å². The average Bonchev–Trinajstić information content (AvgIpc) is 2.26. The van der Waals surface area contributed by atoms with Gasteiger partial charge < -0.3 is 10.6 Å². The molecule has 0 aliphatic rings. The van der Waals surface area contributed by atoms with E-state index in [2.05, 4.69) is 10.6 Å². The minimum Gasteiger partial charge on any atom is -0.371 e. The van der Waals surface area contributed by atoms with Crippen molar-refractivity contribution in [3.8, 4) is 0 Å². The zero-order valence-electron chi connectivity index (χ0n) is 10.7. The van der Waals surface area contributed by atoms with E-state index < -0.39 is 4.92 Å². The summed E-state index contributed by atoms with van der Waals surface area (Å²) in [5.74, 6) is -0.195. The van der Waals surface area contributed by atoms with E-state index in [0.717, 1.165) is 5.56 Å². The topological polar surface area (TPSA) is 84.3 Å². The number of rotatable bonds is 5. The lowest BCUT2D eigenvalue weighted by Crippen LogP contribution is -2.34. The van der Waals surface area contributed by atoms with Crippen molar-refractivity contribution in [2.24, 2.45) is 0 Å². The summed E-state index contributed by atoms with van der Waals surface area (Å²) >= 11 is 0. The van der Waals surface area contributed by atoms with Gasteiger partial charge in [-0.2, -0.15) is 0 Å². The average molecular weight is 251 g/mol. The highest BCUT2D eigenvalue weighted by Crippen LogP contribution is 2.24. The first kappa shape index (κ1) is 14.0. The molecule has 6 heteroatoms. The molecule has 0 radical (unpaired) electrons. The van der Waals surface area contributed by atoms with Crippen LogP contribution in [0.1, 0.15) is 19.4 Å². The first-order valence-corrected chi connectivity index (χ1v) is 5.68. The van der Waals surface area contributed by atoms with Crippen LogP contribution in [0.15, 0.2) is 18.2 Å². The summed E-state index contributed by atoms with van der Waals surface area (Å²) in [7, 11) is 0. The summed E-state index contributed by atoms with van der Waals surface area (Å²) in [4.78, 5) is 21.8. The summed E-state index contributed by atoms with van der Waals surface area (Å²) in [5.41, 5.74) is 1.13. The van der Waals surface area contributed by atoms with Crippen LogP contribution in [-0.2, 0) is 4.79 Å². The van der Waals surface area contributed by atoms with E-state index in [1.165, 1.54) is 6.07 Å². The Labute approximate surface area is 106 Å². The molecule has 1 rings (SSSR count). The van der Waals surface area contributed by atoms with Crippen LogP contribution in [0.25, 0.3) is 0 Å². The number of hydrogen-bond acceptors (Lipinski definition) is 4. The van der Waals surface area contributed by atoms with Crippen LogP contribution in [0.2, 0.25) is 0 Å². The molecule has 98 valence electrons. The largest absolute Gasteiger partial charge is 0.371 e. The van der Waals surface area contributed by atoms with E-state index in [-0.39, 0.29) is 24.2 Å². The first-order chi connectivity index (χ1) is 8.40. The number of nitro benzene ring substituents is 1. The molecule has 0 spiro atoms. The molecule has 18 heavy (non-hydrogen) atoms. The molecule has 0 aromatic heterocycles. The Bertz CT molecular complexity index is 458. The monoisotopic (exact) mass is 251 g/mol. The highest BCUT2D eigenvalue weighted by atomic mass is 16.6. The van der Waals surface area contributed by atoms with Gasteiger partial charge in [0.2, 0.25) is 5.91 Å². The Hall–Kier alpha value is -2.11. The fourth-order valence-corrected chi connectivity index (χ4v) is 1.49. The molecule has 0 saturated heterocycles. The van der Waals surface area contributed by atoms with E-state index >= 15 is 0 Å². The van der Waals surface area contributed by atoms with E-state index in [9.17, 15) is 14.9 Å². The zero-order chi connectivity index (χ0) is 13.7. The molecule has 0 atom stereocenters. The number of nitrogens with one attached hydrogen (secondary N) is 2. The number of anilines is 1. The second-order valence-corrected chi connectivity index (χ2v) is 4.35. The van der Waals surface area contributed by atoms with Gasteiger partial charge in [-0.25, -0.2) is 0 Å². The van der Waals surface area contributed by atoms with Crippen molar-refractivity contribution in [3.63, 3.8) is 0 Å². The van der Waals surface area contributed by atoms with Gasteiger partial charge in [0.05, 0.1) is 11.5 Å². The second-order valence-electron chi connectivity index (χ2n) is 4.35. The van der Waals surface area contributed by atoms with Crippen LogP contribution < -0.4 is 10.6 Å². The van der Waals surface area contributed by atoms with E-state index in [0.29, 0.717) is 5.69 Å². The maximum Gasteiger partial charge on any atom is 0.292 e. The van der Waals surface area contributed by atoms with Gasteiger partial charge in [0.15, 0.2) is 0 Å². The Morgan fingerprint density at radius 2 is 2.11 bits per heavy atom. The lowest BCUT2D eigenvalue weighted by atomic mass is 10.2. The van der Waals surface area contributed by atoms with Crippen LogP contribution in [0, 0.1) is 17.0 Å². The fourth-order valence-electron chi connectivity index (χ4n) is 1.49. The number of hydrogen-bond donors (Lipinski definition) is 2. The SMILES string of the molecule is Cc1ccc(NCC(=O)NC(C)C)c([N+](=O)[O-])c1. The first-order valence-electron chi connectivity index (χ1n) is 5.68. The van der Waals surface area contributed by atoms with Crippen molar-refractivity contribution >= 4 is 17.3 Å². The smallest absolute Gasteiger partial charge is 0.292 e. The molecule has 6 nitrogen and oxygen atoms in total. The maximum atomic E-state index is 11.4. The molecular weight excluding hydrogens is 234 g/mol. The van der Waals surface area contributed by atoms with Crippen LogP contribution in [-0.4, -0.2) is 23.4 Å². The summed E-state index contributed by atoms with van der Waals surface area (Å²) in [6, 6.07) is 4.89. The quantitative estimate of drug-likeness (QED) is 0.617. The van der Waals surface area contributed by atoms with Crippen molar-refractivity contribution in [2.75, 3.05) is 11.9 Å². The second kappa shape index (κ2) is 6.00. The van der Waals surface area contributed by atoms with Gasteiger partial charge in [-0.1, -0.05) is 6.07 Å². The molecule has 0 aliphatic carbocycles. The number of nitro groups is 1. The summed E-state index contributed by atoms with van der Waals surface area (Å²) in [6.07, 6.45) is 0. The third kappa shape index (κ3) is 4.04. The van der Waals surface area contributed by atoms with Crippen molar-refractivity contribution in [1.82, 2.24) is 5.32 Å². The third-order valence-corrected chi connectivity index (χ3v) is 2.24. The van der Waals surface area contributed by atoms with Gasteiger partial charge in [-0.15, -0.1) is 0 Å². The highest BCUT2D eigenvalue weighted by Gasteiger charge is 2.14. The maximum absolute atomic E-state index is 11.4. The number of amides is 1. The minimum absolute atomic E-state index is 0.0160. The predicted octanol–water partition coefficient (Wildman–Crippen LogP) is 1.84. The molecule has 2 N–H and O–H groups in total. The highest BCUT2D eigenvalue weighted by molar-refractivity contribution is 5.81. The van der Waals surface area contributed by atoms with Gasteiger partial charge in [0.25, 0.3) is 5.69 Å². The van der Waals surface area contributed by atoms with Crippen molar-refractivity contribution < 1.29 is 9.72 Å². The Kier molecular flexibility index (Phi) is 4.65. The molecule has 0 heterocycles. The normalized spacial score (nSPS) is 10.2. The molecule has 1 aromatic rings. The van der Waals surface area contributed by atoms with Crippen molar-refractivity contribution in [1.29, 1.82) is 0 Å². The van der Waals surface area contributed by atoms with Gasteiger partial charge >= 0.3 is 0 Å². The summed E-state index contributed by atoms with van der Waals surface area (Å²) in [5, 5.41) is 16.3.